The molecule has 0 spiro atoms. The van der Waals surface area contributed by atoms with Crippen LogP contribution in [0.25, 0.3) is 0 Å². The van der Waals surface area contributed by atoms with Gasteiger partial charge in [0.25, 0.3) is 0 Å². The standard InChI is InChI=1S/C17H34N4OS/c1-4-18-15(20-13-17(22)8-11-23-14-17)19-12-16(2,3)21-9-6-5-7-10-21/h22H,4-14H2,1-3H3,(H2,18,19,20). The molecule has 0 bridgehead atoms. The van der Waals surface area contributed by atoms with Gasteiger partial charge in [0.1, 0.15) is 0 Å². The van der Waals surface area contributed by atoms with E-state index in [1.807, 2.05) is 11.8 Å². The van der Waals surface area contributed by atoms with Gasteiger partial charge in [0.05, 0.1) is 12.1 Å². The second-order valence-corrected chi connectivity index (χ2v) is 8.54. The van der Waals surface area contributed by atoms with E-state index in [4.69, 9.17) is 4.99 Å². The maximum absolute atomic E-state index is 10.5. The summed E-state index contributed by atoms with van der Waals surface area (Å²) in [6.07, 6.45) is 4.83. The third-order valence-electron chi connectivity index (χ3n) is 4.85. The molecular formula is C17H34N4OS. The lowest BCUT2D eigenvalue weighted by Crippen LogP contribution is -2.51. The second kappa shape index (κ2) is 8.58. The van der Waals surface area contributed by atoms with Crippen molar-refractivity contribution in [3.05, 3.63) is 0 Å². The van der Waals surface area contributed by atoms with Crippen molar-refractivity contribution >= 4 is 17.7 Å². The van der Waals surface area contributed by atoms with Gasteiger partial charge in [0.15, 0.2) is 5.96 Å². The van der Waals surface area contributed by atoms with Gasteiger partial charge in [0.2, 0.25) is 0 Å². The van der Waals surface area contributed by atoms with Gasteiger partial charge in [-0.3, -0.25) is 9.89 Å². The van der Waals surface area contributed by atoms with Crippen LogP contribution < -0.4 is 10.6 Å². The van der Waals surface area contributed by atoms with Crippen LogP contribution in [-0.4, -0.2) is 71.3 Å². The van der Waals surface area contributed by atoms with Gasteiger partial charge in [-0.15, -0.1) is 0 Å². The van der Waals surface area contributed by atoms with E-state index in [9.17, 15) is 5.11 Å². The fraction of sp³-hybridized carbons (Fsp3) is 0.941. The van der Waals surface area contributed by atoms with Crippen LogP contribution in [0.4, 0.5) is 0 Å². The molecule has 2 fully saturated rings. The van der Waals surface area contributed by atoms with Crippen molar-refractivity contribution in [2.24, 2.45) is 4.99 Å². The third kappa shape index (κ3) is 5.84. The normalized spacial score (nSPS) is 27.2. The molecule has 3 N–H and O–H groups in total. The molecule has 2 aliphatic rings. The lowest BCUT2D eigenvalue weighted by atomic mass is 9.99. The third-order valence-corrected chi connectivity index (χ3v) is 6.08. The van der Waals surface area contributed by atoms with Crippen LogP contribution >= 0.6 is 11.8 Å². The number of nitrogens with zero attached hydrogens (tertiary/aromatic N) is 2. The van der Waals surface area contributed by atoms with Gasteiger partial charge in [0, 0.05) is 24.4 Å². The lowest BCUT2D eigenvalue weighted by Gasteiger charge is -2.40. The highest BCUT2D eigenvalue weighted by Crippen LogP contribution is 2.27. The molecule has 0 aromatic carbocycles. The van der Waals surface area contributed by atoms with Gasteiger partial charge < -0.3 is 15.7 Å². The maximum atomic E-state index is 10.5. The Balaban J connectivity index is 1.88. The fourth-order valence-corrected chi connectivity index (χ4v) is 4.49. The van der Waals surface area contributed by atoms with Crippen molar-refractivity contribution in [3.63, 3.8) is 0 Å². The number of aliphatic imine (C=N–C) groups is 1. The van der Waals surface area contributed by atoms with Crippen molar-refractivity contribution in [3.8, 4) is 0 Å². The molecule has 0 aliphatic carbocycles. The van der Waals surface area contributed by atoms with Gasteiger partial charge in [-0.05, 0) is 58.9 Å². The Bertz CT molecular complexity index is 388. The predicted molar refractivity (Wildman–Crippen MR) is 100 cm³/mol. The number of aliphatic hydroxyl groups is 1. The number of hydrogen-bond donors (Lipinski definition) is 3. The number of guanidine groups is 1. The summed E-state index contributed by atoms with van der Waals surface area (Å²) in [5.41, 5.74) is -0.494. The summed E-state index contributed by atoms with van der Waals surface area (Å²) >= 11 is 1.83. The van der Waals surface area contributed by atoms with Crippen LogP contribution in [0.2, 0.25) is 0 Å². The quantitative estimate of drug-likeness (QED) is 0.506. The lowest BCUT2D eigenvalue weighted by molar-refractivity contribution is 0.0723. The Hall–Kier alpha value is -0.460. The smallest absolute Gasteiger partial charge is 0.191 e. The molecule has 2 rings (SSSR count). The first-order chi connectivity index (χ1) is 11.0. The summed E-state index contributed by atoms with van der Waals surface area (Å²) in [4.78, 5) is 7.35. The van der Waals surface area contributed by atoms with Gasteiger partial charge >= 0.3 is 0 Å². The number of thioether (sulfide) groups is 1. The van der Waals surface area contributed by atoms with E-state index in [2.05, 4.69) is 36.3 Å². The van der Waals surface area contributed by atoms with Crippen molar-refractivity contribution in [1.29, 1.82) is 0 Å². The predicted octanol–water partition coefficient (Wildman–Crippen LogP) is 1.67. The van der Waals surface area contributed by atoms with Crippen molar-refractivity contribution < 1.29 is 5.11 Å². The van der Waals surface area contributed by atoms with E-state index in [1.54, 1.807) is 0 Å². The molecule has 0 saturated carbocycles. The Morgan fingerprint density at radius 1 is 1.26 bits per heavy atom. The van der Waals surface area contributed by atoms with Crippen molar-refractivity contribution in [1.82, 2.24) is 15.5 Å². The zero-order valence-corrected chi connectivity index (χ0v) is 15.8. The Labute approximate surface area is 145 Å². The van der Waals surface area contributed by atoms with Crippen LogP contribution in [0, 0.1) is 0 Å². The molecule has 6 heteroatoms. The Kier molecular flexibility index (Phi) is 7.04. The first-order valence-corrected chi connectivity index (χ1v) is 10.2. The van der Waals surface area contributed by atoms with Gasteiger partial charge in [-0.25, -0.2) is 0 Å². The fourth-order valence-electron chi connectivity index (χ4n) is 3.20. The number of likely N-dealkylation sites (tertiary alicyclic amines) is 1. The van der Waals surface area contributed by atoms with Crippen LogP contribution in [0.3, 0.4) is 0 Å². The van der Waals surface area contributed by atoms with E-state index in [-0.39, 0.29) is 5.54 Å². The van der Waals surface area contributed by atoms with E-state index < -0.39 is 5.60 Å². The highest BCUT2D eigenvalue weighted by atomic mass is 32.2. The molecule has 0 aromatic heterocycles. The maximum Gasteiger partial charge on any atom is 0.191 e. The van der Waals surface area contributed by atoms with Gasteiger partial charge in [-0.1, -0.05) is 6.42 Å². The van der Waals surface area contributed by atoms with E-state index in [0.29, 0.717) is 6.54 Å². The molecular weight excluding hydrogens is 308 g/mol. The number of piperidine rings is 1. The van der Waals surface area contributed by atoms with Crippen molar-refractivity contribution in [2.45, 2.75) is 57.6 Å². The number of hydrogen-bond acceptors (Lipinski definition) is 4. The largest absolute Gasteiger partial charge is 0.387 e. The van der Waals surface area contributed by atoms with Gasteiger partial charge in [-0.2, -0.15) is 11.8 Å². The number of nitrogens with one attached hydrogen (secondary N) is 2. The molecule has 5 nitrogen and oxygen atoms in total. The summed E-state index contributed by atoms with van der Waals surface area (Å²) in [5.74, 6) is 2.69. The van der Waals surface area contributed by atoms with Crippen molar-refractivity contribution in [2.75, 3.05) is 44.2 Å². The van der Waals surface area contributed by atoms with Crippen LogP contribution in [0.1, 0.15) is 46.5 Å². The summed E-state index contributed by atoms with van der Waals surface area (Å²) < 4.78 is 0. The minimum Gasteiger partial charge on any atom is -0.387 e. The zero-order chi connectivity index (χ0) is 16.8. The molecule has 23 heavy (non-hydrogen) atoms. The molecule has 1 atom stereocenters. The summed E-state index contributed by atoms with van der Waals surface area (Å²) in [6.45, 7) is 11.2. The minimum absolute atomic E-state index is 0.0862. The highest BCUT2D eigenvalue weighted by molar-refractivity contribution is 7.99. The highest BCUT2D eigenvalue weighted by Gasteiger charge is 2.32. The Morgan fingerprint density at radius 3 is 2.61 bits per heavy atom. The molecule has 2 heterocycles. The average Bonchev–Trinajstić information content (AvgIpc) is 2.98. The molecule has 2 saturated heterocycles. The van der Waals surface area contributed by atoms with E-state index in [0.717, 1.165) is 37.0 Å². The first-order valence-electron chi connectivity index (χ1n) is 9.03. The van der Waals surface area contributed by atoms with E-state index >= 15 is 0 Å². The van der Waals surface area contributed by atoms with Crippen LogP contribution in [0.5, 0.6) is 0 Å². The molecule has 1 unspecified atom stereocenters. The van der Waals surface area contributed by atoms with Crippen LogP contribution in [-0.2, 0) is 0 Å². The second-order valence-electron chi connectivity index (χ2n) is 7.44. The monoisotopic (exact) mass is 342 g/mol. The van der Waals surface area contributed by atoms with E-state index in [1.165, 1.54) is 32.4 Å². The summed E-state index contributed by atoms with van der Waals surface area (Å²) in [5, 5.41) is 17.1. The summed E-state index contributed by atoms with van der Waals surface area (Å²) in [7, 11) is 0. The molecule has 0 amide bonds. The molecule has 134 valence electrons. The average molecular weight is 343 g/mol. The summed E-state index contributed by atoms with van der Waals surface area (Å²) in [6, 6.07) is 0. The number of rotatable bonds is 6. The first kappa shape index (κ1) is 18.9. The van der Waals surface area contributed by atoms with Crippen LogP contribution in [0.15, 0.2) is 4.99 Å². The minimum atomic E-state index is -0.580. The Morgan fingerprint density at radius 2 is 2.00 bits per heavy atom. The zero-order valence-electron chi connectivity index (χ0n) is 15.0. The SMILES string of the molecule is CCNC(=NCC(C)(C)N1CCCCC1)NCC1(O)CCSC1. The topological polar surface area (TPSA) is 59.9 Å². The molecule has 2 aliphatic heterocycles. The molecule has 0 radical (unpaired) electrons. The molecule has 0 aromatic rings.